The number of furan rings is 1. The Kier molecular flexibility index (Phi) is 3.96. The van der Waals surface area contributed by atoms with Crippen molar-refractivity contribution in [2.24, 2.45) is 0 Å². The second-order valence-corrected chi connectivity index (χ2v) is 3.17. The van der Waals surface area contributed by atoms with Gasteiger partial charge in [0.2, 0.25) is 0 Å². The van der Waals surface area contributed by atoms with E-state index in [2.05, 4.69) is 5.32 Å². The lowest BCUT2D eigenvalue weighted by atomic mass is 10.2. The molecule has 0 fully saturated rings. The summed E-state index contributed by atoms with van der Waals surface area (Å²) in [5, 5.41) is 3.18. The van der Waals surface area contributed by atoms with Crippen molar-refractivity contribution in [1.82, 2.24) is 5.32 Å². The zero-order valence-corrected chi connectivity index (χ0v) is 8.14. The molecule has 2 nitrogen and oxygen atoms in total. The average Bonchev–Trinajstić information content (AvgIpc) is 2.52. The summed E-state index contributed by atoms with van der Waals surface area (Å²) in [6.45, 7) is 4.35. The van der Waals surface area contributed by atoms with E-state index in [0.717, 1.165) is 11.5 Å². The van der Waals surface area contributed by atoms with E-state index in [4.69, 9.17) is 4.42 Å². The monoisotopic (exact) mass is 185 g/mol. The third-order valence-corrected chi connectivity index (χ3v) is 1.95. The molecule has 1 unspecified atom stereocenters. The third-order valence-electron chi connectivity index (χ3n) is 1.95. The van der Waals surface area contributed by atoms with Crippen molar-refractivity contribution in [2.75, 3.05) is 13.2 Å². The molecule has 0 aliphatic rings. The maximum Gasteiger partial charge on any atom is 0.120 e. The molecular weight excluding hydrogens is 169 g/mol. The molecule has 0 bridgehead atoms. The van der Waals surface area contributed by atoms with Gasteiger partial charge in [-0.2, -0.15) is 0 Å². The van der Waals surface area contributed by atoms with E-state index in [1.807, 2.05) is 26.0 Å². The van der Waals surface area contributed by atoms with Crippen LogP contribution in [-0.4, -0.2) is 13.2 Å². The lowest BCUT2D eigenvalue weighted by molar-refractivity contribution is 0.398. The molecule has 1 rings (SSSR count). The molecule has 0 saturated heterocycles. The van der Waals surface area contributed by atoms with Crippen molar-refractivity contribution in [2.45, 2.75) is 26.3 Å². The molecule has 0 saturated carbocycles. The molecule has 0 amide bonds. The molecule has 0 aliphatic heterocycles. The van der Waals surface area contributed by atoms with Crippen molar-refractivity contribution >= 4 is 0 Å². The summed E-state index contributed by atoms with van der Waals surface area (Å²) in [6.07, 6.45) is 0.560. The standard InChI is InChI=1S/C10H16FNO/c1-8-4-5-10(13-8)9(2)12-7-3-6-11/h4-5,9,12H,3,6-7H2,1-2H3. The minimum atomic E-state index is -0.267. The van der Waals surface area contributed by atoms with Crippen molar-refractivity contribution < 1.29 is 8.81 Å². The molecule has 1 heterocycles. The van der Waals surface area contributed by atoms with Crippen LogP contribution < -0.4 is 5.32 Å². The molecule has 3 heteroatoms. The Morgan fingerprint density at radius 1 is 1.54 bits per heavy atom. The number of hydrogen-bond donors (Lipinski definition) is 1. The molecular formula is C10H16FNO. The molecule has 74 valence electrons. The van der Waals surface area contributed by atoms with Crippen molar-refractivity contribution in [3.63, 3.8) is 0 Å². The lowest BCUT2D eigenvalue weighted by Gasteiger charge is -2.09. The minimum absolute atomic E-state index is 0.167. The number of nitrogens with one attached hydrogen (secondary N) is 1. The van der Waals surface area contributed by atoms with Gasteiger partial charge in [-0.3, -0.25) is 4.39 Å². The van der Waals surface area contributed by atoms with Crippen molar-refractivity contribution in [3.8, 4) is 0 Å². The van der Waals surface area contributed by atoms with Gasteiger partial charge in [0, 0.05) is 0 Å². The summed E-state index contributed by atoms with van der Waals surface area (Å²) in [5.41, 5.74) is 0. The second kappa shape index (κ2) is 5.02. The SMILES string of the molecule is Cc1ccc(C(C)NCCCF)o1. The maximum atomic E-state index is 11.8. The van der Waals surface area contributed by atoms with Crippen LogP contribution in [0.4, 0.5) is 4.39 Å². The van der Waals surface area contributed by atoms with E-state index in [1.165, 1.54) is 0 Å². The van der Waals surface area contributed by atoms with Crippen LogP contribution in [0.1, 0.15) is 30.9 Å². The van der Waals surface area contributed by atoms with Gasteiger partial charge in [-0.25, -0.2) is 0 Å². The van der Waals surface area contributed by atoms with Crippen molar-refractivity contribution in [3.05, 3.63) is 23.7 Å². The van der Waals surface area contributed by atoms with E-state index >= 15 is 0 Å². The Morgan fingerprint density at radius 2 is 2.31 bits per heavy atom. The normalized spacial score (nSPS) is 13.2. The van der Waals surface area contributed by atoms with Crippen LogP contribution in [0.5, 0.6) is 0 Å². The quantitative estimate of drug-likeness (QED) is 0.713. The van der Waals surface area contributed by atoms with E-state index in [-0.39, 0.29) is 12.7 Å². The second-order valence-electron chi connectivity index (χ2n) is 3.17. The highest BCUT2D eigenvalue weighted by Crippen LogP contribution is 2.14. The highest BCUT2D eigenvalue weighted by atomic mass is 19.1. The summed E-state index contributed by atoms with van der Waals surface area (Å²) in [4.78, 5) is 0. The van der Waals surface area contributed by atoms with E-state index in [0.29, 0.717) is 13.0 Å². The van der Waals surface area contributed by atoms with Crippen LogP contribution in [0.15, 0.2) is 16.5 Å². The molecule has 0 spiro atoms. The Bertz CT molecular complexity index is 247. The average molecular weight is 185 g/mol. The van der Waals surface area contributed by atoms with Gasteiger partial charge in [0.25, 0.3) is 0 Å². The summed E-state index contributed by atoms with van der Waals surface area (Å²) >= 11 is 0. The molecule has 1 aromatic rings. The first-order valence-electron chi connectivity index (χ1n) is 4.59. The molecule has 0 aliphatic carbocycles. The van der Waals surface area contributed by atoms with Crippen LogP contribution in [-0.2, 0) is 0 Å². The van der Waals surface area contributed by atoms with Crippen molar-refractivity contribution in [1.29, 1.82) is 0 Å². The smallest absolute Gasteiger partial charge is 0.120 e. The Labute approximate surface area is 78.1 Å². The highest BCUT2D eigenvalue weighted by molar-refractivity contribution is 5.08. The van der Waals surface area contributed by atoms with Crippen LogP contribution in [0.2, 0.25) is 0 Å². The predicted octanol–water partition coefficient (Wildman–Crippen LogP) is 2.60. The molecule has 1 atom stereocenters. The van der Waals surface area contributed by atoms with Gasteiger partial charge in [-0.05, 0) is 38.9 Å². The summed E-state index contributed by atoms with van der Waals surface area (Å²) in [5.74, 6) is 1.82. The molecule has 1 N–H and O–H groups in total. The van der Waals surface area contributed by atoms with Gasteiger partial charge in [0.1, 0.15) is 11.5 Å². The van der Waals surface area contributed by atoms with Gasteiger partial charge >= 0.3 is 0 Å². The fraction of sp³-hybridized carbons (Fsp3) is 0.600. The largest absolute Gasteiger partial charge is 0.465 e. The Morgan fingerprint density at radius 3 is 2.85 bits per heavy atom. The van der Waals surface area contributed by atoms with Gasteiger partial charge < -0.3 is 9.73 Å². The lowest BCUT2D eigenvalue weighted by Crippen LogP contribution is -2.19. The first kappa shape index (κ1) is 10.3. The number of alkyl halides is 1. The molecule has 0 radical (unpaired) electrons. The topological polar surface area (TPSA) is 25.2 Å². The minimum Gasteiger partial charge on any atom is -0.465 e. The summed E-state index contributed by atoms with van der Waals surface area (Å²) in [6, 6.07) is 4.05. The highest BCUT2D eigenvalue weighted by Gasteiger charge is 2.07. The van der Waals surface area contributed by atoms with E-state index in [9.17, 15) is 4.39 Å². The molecule has 0 aromatic carbocycles. The van der Waals surface area contributed by atoms with Gasteiger partial charge in [0.15, 0.2) is 0 Å². The first-order chi connectivity index (χ1) is 6.24. The van der Waals surface area contributed by atoms with Gasteiger partial charge in [0.05, 0.1) is 12.7 Å². The maximum absolute atomic E-state index is 11.8. The Balaban J connectivity index is 2.35. The van der Waals surface area contributed by atoms with E-state index < -0.39 is 0 Å². The number of halogens is 1. The fourth-order valence-corrected chi connectivity index (χ4v) is 1.17. The first-order valence-corrected chi connectivity index (χ1v) is 4.59. The zero-order valence-electron chi connectivity index (χ0n) is 8.14. The van der Waals surface area contributed by atoms with Crippen LogP contribution >= 0.6 is 0 Å². The fourth-order valence-electron chi connectivity index (χ4n) is 1.17. The molecule has 13 heavy (non-hydrogen) atoms. The molecule has 1 aromatic heterocycles. The third kappa shape index (κ3) is 3.19. The van der Waals surface area contributed by atoms with Gasteiger partial charge in [-0.15, -0.1) is 0 Å². The summed E-state index contributed by atoms with van der Waals surface area (Å²) in [7, 11) is 0. The van der Waals surface area contributed by atoms with E-state index in [1.54, 1.807) is 0 Å². The van der Waals surface area contributed by atoms with Crippen LogP contribution in [0.25, 0.3) is 0 Å². The zero-order chi connectivity index (χ0) is 9.68. The van der Waals surface area contributed by atoms with Gasteiger partial charge in [-0.1, -0.05) is 0 Å². The predicted molar refractivity (Wildman–Crippen MR) is 50.5 cm³/mol. The number of hydrogen-bond acceptors (Lipinski definition) is 2. The number of aryl methyl sites for hydroxylation is 1. The summed E-state index contributed by atoms with van der Waals surface area (Å²) < 4.78 is 17.2. The van der Waals surface area contributed by atoms with Crippen LogP contribution in [0, 0.1) is 6.92 Å². The number of rotatable bonds is 5. The Hall–Kier alpha value is -0.830. The van der Waals surface area contributed by atoms with Crippen LogP contribution in [0.3, 0.4) is 0 Å².